The van der Waals surface area contributed by atoms with E-state index in [1.165, 1.54) is 23.2 Å². The van der Waals surface area contributed by atoms with Gasteiger partial charge < -0.3 is 5.32 Å². The summed E-state index contributed by atoms with van der Waals surface area (Å²) in [7, 11) is 0. The van der Waals surface area contributed by atoms with Crippen molar-refractivity contribution in [3.63, 3.8) is 0 Å². The van der Waals surface area contributed by atoms with Crippen LogP contribution in [0.2, 0.25) is 0 Å². The zero-order valence-electron chi connectivity index (χ0n) is 15.8. The third-order valence-corrected chi connectivity index (χ3v) is 5.02. The first-order valence-electron chi connectivity index (χ1n) is 9.03. The van der Waals surface area contributed by atoms with Crippen molar-refractivity contribution in [3.8, 4) is 0 Å². The lowest BCUT2D eigenvalue weighted by Gasteiger charge is -2.20. The highest BCUT2D eigenvalue weighted by Gasteiger charge is 2.55. The fraction of sp³-hybridized carbons (Fsp3) is 0.250. The highest BCUT2D eigenvalue weighted by Crippen LogP contribution is 2.32. The third-order valence-electron chi connectivity index (χ3n) is 5.02. The fourth-order valence-electron chi connectivity index (χ4n) is 3.39. The SMILES string of the molecule is Cc1ccc(N2C(=O)[C@H]3N=NN(CC(=O)Nc4cccc(F)c4)[C@@H]3C2=O)cc1C. The van der Waals surface area contributed by atoms with Crippen LogP contribution in [0.25, 0.3) is 0 Å². The van der Waals surface area contributed by atoms with Crippen molar-refractivity contribution in [1.82, 2.24) is 5.01 Å². The molecule has 2 aliphatic heterocycles. The predicted octanol–water partition coefficient (Wildman–Crippen LogP) is 2.37. The van der Waals surface area contributed by atoms with Gasteiger partial charge in [0.25, 0.3) is 11.8 Å². The number of anilines is 2. The van der Waals surface area contributed by atoms with Gasteiger partial charge in [-0.3, -0.25) is 19.4 Å². The molecule has 4 rings (SSSR count). The minimum atomic E-state index is -0.980. The Kier molecular flexibility index (Phi) is 4.57. The van der Waals surface area contributed by atoms with Crippen LogP contribution in [-0.2, 0) is 14.4 Å². The topological polar surface area (TPSA) is 94.4 Å². The van der Waals surface area contributed by atoms with Gasteiger partial charge in [0.05, 0.1) is 5.69 Å². The number of carbonyl (C=O) groups excluding carboxylic acids is 3. The van der Waals surface area contributed by atoms with Crippen molar-refractivity contribution >= 4 is 29.1 Å². The van der Waals surface area contributed by atoms with Gasteiger partial charge in [0.2, 0.25) is 5.91 Å². The molecule has 0 saturated carbocycles. The van der Waals surface area contributed by atoms with Gasteiger partial charge in [-0.2, -0.15) is 5.11 Å². The van der Waals surface area contributed by atoms with Gasteiger partial charge in [0.15, 0.2) is 12.1 Å². The van der Waals surface area contributed by atoms with Gasteiger partial charge in [-0.25, -0.2) is 9.29 Å². The van der Waals surface area contributed by atoms with Crippen molar-refractivity contribution in [3.05, 3.63) is 59.4 Å². The molecule has 2 aromatic rings. The fourth-order valence-corrected chi connectivity index (χ4v) is 3.39. The van der Waals surface area contributed by atoms with Crippen molar-refractivity contribution < 1.29 is 18.8 Å². The molecule has 2 atom stereocenters. The number of nitrogens with one attached hydrogen (secondary N) is 1. The van der Waals surface area contributed by atoms with E-state index in [0.29, 0.717) is 5.69 Å². The number of amides is 3. The number of hydrogen-bond donors (Lipinski definition) is 1. The number of imide groups is 1. The van der Waals surface area contributed by atoms with E-state index in [0.717, 1.165) is 16.0 Å². The van der Waals surface area contributed by atoms with Crippen molar-refractivity contribution in [2.24, 2.45) is 10.3 Å². The third kappa shape index (κ3) is 3.35. The Bertz CT molecular complexity index is 1050. The van der Waals surface area contributed by atoms with Gasteiger partial charge in [0, 0.05) is 5.69 Å². The molecule has 3 amide bonds. The molecule has 9 heteroatoms. The smallest absolute Gasteiger partial charge is 0.263 e. The summed E-state index contributed by atoms with van der Waals surface area (Å²) >= 11 is 0. The second-order valence-corrected chi connectivity index (χ2v) is 7.03. The zero-order valence-corrected chi connectivity index (χ0v) is 15.8. The lowest BCUT2D eigenvalue weighted by atomic mass is 10.1. The number of rotatable bonds is 4. The summed E-state index contributed by atoms with van der Waals surface area (Å²) in [4.78, 5) is 39.1. The average molecular weight is 395 g/mol. The Balaban J connectivity index is 1.50. The molecule has 2 heterocycles. The molecule has 148 valence electrons. The van der Waals surface area contributed by atoms with E-state index in [1.54, 1.807) is 18.2 Å². The molecule has 1 fully saturated rings. The largest absolute Gasteiger partial charge is 0.324 e. The van der Waals surface area contributed by atoms with Crippen LogP contribution in [0.1, 0.15) is 11.1 Å². The van der Waals surface area contributed by atoms with E-state index in [-0.39, 0.29) is 12.2 Å². The molecule has 0 radical (unpaired) electrons. The average Bonchev–Trinajstić information content (AvgIpc) is 3.18. The minimum absolute atomic E-state index is 0.285. The Morgan fingerprint density at radius 2 is 1.90 bits per heavy atom. The highest BCUT2D eigenvalue weighted by molar-refractivity contribution is 6.25. The molecular weight excluding hydrogens is 377 g/mol. The molecule has 0 aromatic heterocycles. The molecule has 1 saturated heterocycles. The molecule has 0 unspecified atom stereocenters. The van der Waals surface area contributed by atoms with Gasteiger partial charge >= 0.3 is 0 Å². The van der Waals surface area contributed by atoms with Crippen LogP contribution in [-0.4, -0.2) is 41.4 Å². The summed E-state index contributed by atoms with van der Waals surface area (Å²) in [5.41, 5.74) is 2.75. The summed E-state index contributed by atoms with van der Waals surface area (Å²) in [5, 5.41) is 11.5. The van der Waals surface area contributed by atoms with Crippen LogP contribution in [0, 0.1) is 19.7 Å². The van der Waals surface area contributed by atoms with Crippen LogP contribution in [0.15, 0.2) is 52.8 Å². The Labute approximate surface area is 166 Å². The lowest BCUT2D eigenvalue weighted by molar-refractivity contribution is -0.123. The van der Waals surface area contributed by atoms with E-state index in [1.807, 2.05) is 19.9 Å². The molecule has 2 aromatic carbocycles. The molecule has 8 nitrogen and oxygen atoms in total. The maximum Gasteiger partial charge on any atom is 0.263 e. The van der Waals surface area contributed by atoms with E-state index >= 15 is 0 Å². The Morgan fingerprint density at radius 3 is 2.62 bits per heavy atom. The van der Waals surface area contributed by atoms with Crippen LogP contribution >= 0.6 is 0 Å². The molecule has 29 heavy (non-hydrogen) atoms. The number of carbonyl (C=O) groups is 3. The second-order valence-electron chi connectivity index (χ2n) is 7.03. The maximum absolute atomic E-state index is 13.3. The first kappa shape index (κ1) is 18.7. The van der Waals surface area contributed by atoms with Gasteiger partial charge in [-0.1, -0.05) is 17.4 Å². The predicted molar refractivity (Wildman–Crippen MR) is 103 cm³/mol. The summed E-state index contributed by atoms with van der Waals surface area (Å²) in [5.74, 6) is -1.93. The van der Waals surface area contributed by atoms with Crippen LogP contribution in [0.3, 0.4) is 0 Å². The number of hydrogen-bond acceptors (Lipinski definition) is 6. The molecule has 0 aliphatic carbocycles. The summed E-state index contributed by atoms with van der Waals surface area (Å²) in [6.45, 7) is 3.54. The number of nitrogens with zero attached hydrogens (tertiary/aromatic N) is 4. The number of aryl methyl sites for hydroxylation is 2. The summed E-state index contributed by atoms with van der Waals surface area (Å²) in [6, 6.07) is 8.82. The standard InChI is InChI=1S/C20H18FN5O3/c1-11-6-7-15(8-12(11)2)26-19(28)17-18(20(26)29)25(24-23-17)10-16(27)22-14-5-3-4-13(21)9-14/h3-9,17-18H,10H2,1-2H3,(H,22,27)/t17-,18-/m0/s1. The molecule has 0 bridgehead atoms. The van der Waals surface area contributed by atoms with Crippen molar-refractivity contribution in [2.75, 3.05) is 16.8 Å². The number of benzene rings is 2. The van der Waals surface area contributed by atoms with Crippen LogP contribution in [0.5, 0.6) is 0 Å². The van der Waals surface area contributed by atoms with E-state index in [2.05, 4.69) is 15.7 Å². The quantitative estimate of drug-likeness (QED) is 0.804. The second kappa shape index (κ2) is 7.08. The Morgan fingerprint density at radius 1 is 1.10 bits per heavy atom. The first-order chi connectivity index (χ1) is 13.8. The van der Waals surface area contributed by atoms with Gasteiger partial charge in [0.1, 0.15) is 12.4 Å². The van der Waals surface area contributed by atoms with Gasteiger partial charge in [-0.05, 0) is 55.3 Å². The summed E-state index contributed by atoms with van der Waals surface area (Å²) in [6.07, 6.45) is 0. The van der Waals surface area contributed by atoms with E-state index in [4.69, 9.17) is 0 Å². The first-order valence-corrected chi connectivity index (χ1v) is 9.03. The molecule has 1 N–H and O–H groups in total. The minimum Gasteiger partial charge on any atom is -0.324 e. The summed E-state index contributed by atoms with van der Waals surface area (Å²) < 4.78 is 13.3. The maximum atomic E-state index is 13.3. The zero-order chi connectivity index (χ0) is 20.7. The van der Waals surface area contributed by atoms with Gasteiger partial charge in [-0.15, -0.1) is 0 Å². The van der Waals surface area contributed by atoms with E-state index in [9.17, 15) is 18.8 Å². The van der Waals surface area contributed by atoms with Crippen molar-refractivity contribution in [1.29, 1.82) is 0 Å². The molecule has 2 aliphatic rings. The highest BCUT2D eigenvalue weighted by atomic mass is 19.1. The molecular formula is C20H18FN5O3. The monoisotopic (exact) mass is 395 g/mol. The normalized spacial score (nSPS) is 20.4. The van der Waals surface area contributed by atoms with Crippen molar-refractivity contribution in [2.45, 2.75) is 25.9 Å². The lowest BCUT2D eigenvalue weighted by Crippen LogP contribution is -2.43. The van der Waals surface area contributed by atoms with Crippen LogP contribution < -0.4 is 10.2 Å². The molecule has 0 spiro atoms. The van der Waals surface area contributed by atoms with Crippen LogP contribution in [0.4, 0.5) is 15.8 Å². The Hall–Kier alpha value is -3.62. The van der Waals surface area contributed by atoms with E-state index < -0.39 is 35.6 Å². The number of halogens is 1. The number of fused-ring (bicyclic) bond motifs is 1.